The highest BCUT2D eigenvalue weighted by atomic mass is 16.3. The summed E-state index contributed by atoms with van der Waals surface area (Å²) in [5.41, 5.74) is 0. The van der Waals surface area contributed by atoms with E-state index in [2.05, 4.69) is 19.2 Å². The molecule has 4 N–H and O–H groups in total. The smallest absolute Gasteiger partial charge is 0.222 e. The second kappa shape index (κ2) is 36.9. The van der Waals surface area contributed by atoms with E-state index in [9.17, 15) is 20.1 Å². The van der Waals surface area contributed by atoms with Crippen LogP contribution in [0.4, 0.5) is 0 Å². The van der Waals surface area contributed by atoms with Crippen LogP contribution in [0.15, 0.2) is 12.2 Å². The van der Waals surface area contributed by atoms with Gasteiger partial charge in [-0.05, 0) is 19.3 Å². The summed E-state index contributed by atoms with van der Waals surface area (Å²) in [5, 5.41) is 33.1. The lowest BCUT2D eigenvalue weighted by atomic mass is 10.0. The minimum absolute atomic E-state index is 0.0185. The first-order valence-corrected chi connectivity index (χ1v) is 20.5. The number of unbranched alkanes of at least 4 members (excludes halogenated alkanes) is 28. The van der Waals surface area contributed by atoms with Gasteiger partial charge in [-0.2, -0.15) is 0 Å². The SMILES string of the molecule is CCCCCCCCCCCCCC/C=C/C(O)C(CO)NC(=O)CC(O)CCCCCCCCCCCCCCCCCCC. The van der Waals surface area contributed by atoms with Crippen molar-refractivity contribution in [3.05, 3.63) is 12.2 Å². The van der Waals surface area contributed by atoms with Gasteiger partial charge in [0.25, 0.3) is 0 Å². The highest BCUT2D eigenvalue weighted by molar-refractivity contribution is 5.76. The van der Waals surface area contributed by atoms with E-state index in [0.717, 1.165) is 25.7 Å². The molecule has 5 nitrogen and oxygen atoms in total. The molecular formula is C41H81NO4. The molecule has 0 rings (SSSR count). The first-order chi connectivity index (χ1) is 22.5. The Labute approximate surface area is 287 Å². The van der Waals surface area contributed by atoms with Crippen LogP contribution in [0, 0.1) is 0 Å². The van der Waals surface area contributed by atoms with Crippen LogP contribution in [-0.4, -0.2) is 46.1 Å². The summed E-state index contributed by atoms with van der Waals surface area (Å²) >= 11 is 0. The average Bonchev–Trinajstić information content (AvgIpc) is 3.05. The van der Waals surface area contributed by atoms with Gasteiger partial charge in [0.05, 0.1) is 31.3 Å². The summed E-state index contributed by atoms with van der Waals surface area (Å²) in [6, 6.07) is -0.738. The van der Waals surface area contributed by atoms with Gasteiger partial charge in [0.2, 0.25) is 5.91 Å². The van der Waals surface area contributed by atoms with Crippen LogP contribution in [0.3, 0.4) is 0 Å². The van der Waals surface area contributed by atoms with Crippen LogP contribution in [0.5, 0.6) is 0 Å². The van der Waals surface area contributed by atoms with Gasteiger partial charge in [-0.1, -0.05) is 206 Å². The normalized spacial score (nSPS) is 13.8. The van der Waals surface area contributed by atoms with Gasteiger partial charge in [0.1, 0.15) is 0 Å². The first kappa shape index (κ1) is 45.1. The molecule has 0 aliphatic heterocycles. The van der Waals surface area contributed by atoms with E-state index in [1.165, 1.54) is 167 Å². The summed E-state index contributed by atoms with van der Waals surface area (Å²) in [6.07, 6.45) is 42.0. The lowest BCUT2D eigenvalue weighted by molar-refractivity contribution is -0.124. The molecule has 46 heavy (non-hydrogen) atoms. The Morgan fingerprint density at radius 3 is 1.26 bits per heavy atom. The van der Waals surface area contributed by atoms with Gasteiger partial charge in [0, 0.05) is 0 Å². The molecule has 0 heterocycles. The average molecular weight is 652 g/mol. The number of rotatable bonds is 37. The van der Waals surface area contributed by atoms with E-state index < -0.39 is 18.2 Å². The second-order valence-electron chi connectivity index (χ2n) is 14.3. The number of amides is 1. The number of allylic oxidation sites excluding steroid dienone is 1. The summed E-state index contributed by atoms with van der Waals surface area (Å²) in [5.74, 6) is -0.313. The molecule has 0 aliphatic carbocycles. The zero-order valence-corrected chi connectivity index (χ0v) is 31.0. The zero-order valence-electron chi connectivity index (χ0n) is 31.0. The third-order valence-electron chi connectivity index (χ3n) is 9.57. The maximum Gasteiger partial charge on any atom is 0.222 e. The van der Waals surface area contributed by atoms with E-state index in [4.69, 9.17) is 0 Å². The highest BCUT2D eigenvalue weighted by Gasteiger charge is 2.20. The molecule has 3 atom stereocenters. The molecule has 0 saturated heterocycles. The van der Waals surface area contributed by atoms with Crippen molar-refractivity contribution in [3.8, 4) is 0 Å². The molecule has 0 radical (unpaired) electrons. The minimum Gasteiger partial charge on any atom is -0.394 e. The maximum absolute atomic E-state index is 12.4. The molecule has 3 unspecified atom stereocenters. The van der Waals surface area contributed by atoms with Crippen molar-refractivity contribution in [2.24, 2.45) is 0 Å². The molecule has 0 aliphatic rings. The third-order valence-corrected chi connectivity index (χ3v) is 9.57. The molecule has 0 fully saturated rings. The maximum atomic E-state index is 12.4. The Balaban J connectivity index is 3.66. The van der Waals surface area contributed by atoms with Crippen LogP contribution in [0.25, 0.3) is 0 Å². The summed E-state index contributed by atoms with van der Waals surface area (Å²) in [7, 11) is 0. The van der Waals surface area contributed by atoms with Crippen molar-refractivity contribution in [1.82, 2.24) is 5.32 Å². The molecule has 1 amide bonds. The molecule has 0 aromatic carbocycles. The molecule has 0 saturated carbocycles. The van der Waals surface area contributed by atoms with Crippen molar-refractivity contribution in [3.63, 3.8) is 0 Å². The fourth-order valence-electron chi connectivity index (χ4n) is 6.40. The fourth-order valence-corrected chi connectivity index (χ4v) is 6.40. The van der Waals surface area contributed by atoms with Crippen LogP contribution in [0.1, 0.15) is 219 Å². The van der Waals surface area contributed by atoms with Gasteiger partial charge in [0.15, 0.2) is 0 Å². The molecule has 5 heteroatoms. The van der Waals surface area contributed by atoms with Crippen molar-refractivity contribution in [2.45, 2.75) is 238 Å². The highest BCUT2D eigenvalue weighted by Crippen LogP contribution is 2.16. The summed E-state index contributed by atoms with van der Waals surface area (Å²) < 4.78 is 0. The van der Waals surface area contributed by atoms with Crippen molar-refractivity contribution < 1.29 is 20.1 Å². The third kappa shape index (κ3) is 33.0. The number of aliphatic hydroxyl groups is 3. The van der Waals surface area contributed by atoms with Gasteiger partial charge in [-0.3, -0.25) is 4.79 Å². The van der Waals surface area contributed by atoms with Gasteiger partial charge >= 0.3 is 0 Å². The Morgan fingerprint density at radius 2 is 0.891 bits per heavy atom. The quantitative estimate of drug-likeness (QED) is 0.0397. The number of hydrogen-bond acceptors (Lipinski definition) is 4. The Morgan fingerprint density at radius 1 is 0.543 bits per heavy atom. The minimum atomic E-state index is -0.923. The van der Waals surface area contributed by atoms with E-state index in [-0.39, 0.29) is 18.9 Å². The fraction of sp³-hybridized carbons (Fsp3) is 0.927. The first-order valence-electron chi connectivity index (χ1n) is 20.5. The number of aliphatic hydroxyl groups excluding tert-OH is 3. The van der Waals surface area contributed by atoms with Crippen molar-refractivity contribution in [1.29, 1.82) is 0 Å². The molecular weight excluding hydrogens is 570 g/mol. The van der Waals surface area contributed by atoms with Gasteiger partial charge in [-0.25, -0.2) is 0 Å². The standard InChI is InChI=1S/C41H81NO4/c1-3-5-7-9-11-13-15-17-19-20-21-22-24-26-28-30-32-34-38(44)36-41(46)42-39(37-43)40(45)35-33-31-29-27-25-23-18-16-14-12-10-8-6-4-2/h33,35,38-40,43-45H,3-32,34,36-37H2,1-2H3,(H,42,46)/b35-33+. The number of hydrogen-bond donors (Lipinski definition) is 4. The molecule has 0 aromatic heterocycles. The Hall–Kier alpha value is -0.910. The number of nitrogens with one attached hydrogen (secondary N) is 1. The molecule has 0 bridgehead atoms. The largest absolute Gasteiger partial charge is 0.394 e. The van der Waals surface area contributed by atoms with E-state index in [0.29, 0.717) is 6.42 Å². The second-order valence-corrected chi connectivity index (χ2v) is 14.3. The van der Waals surface area contributed by atoms with E-state index in [1.807, 2.05) is 6.08 Å². The van der Waals surface area contributed by atoms with Crippen LogP contribution >= 0.6 is 0 Å². The van der Waals surface area contributed by atoms with Gasteiger partial charge in [-0.15, -0.1) is 0 Å². The van der Waals surface area contributed by atoms with E-state index in [1.54, 1.807) is 6.08 Å². The molecule has 0 aromatic rings. The summed E-state index contributed by atoms with van der Waals surface area (Å²) in [4.78, 5) is 12.4. The lowest BCUT2D eigenvalue weighted by Gasteiger charge is -2.21. The van der Waals surface area contributed by atoms with Crippen molar-refractivity contribution in [2.75, 3.05) is 6.61 Å². The molecule has 0 spiro atoms. The van der Waals surface area contributed by atoms with Gasteiger partial charge < -0.3 is 20.6 Å². The monoisotopic (exact) mass is 652 g/mol. The molecule has 274 valence electrons. The lowest BCUT2D eigenvalue weighted by Crippen LogP contribution is -2.45. The Bertz CT molecular complexity index is 640. The number of carbonyl (C=O) groups excluding carboxylic acids is 1. The Kier molecular flexibility index (Phi) is 36.2. The number of carbonyl (C=O) groups is 1. The van der Waals surface area contributed by atoms with Crippen molar-refractivity contribution >= 4 is 5.91 Å². The predicted octanol–water partition coefficient (Wildman–Crippen LogP) is 11.3. The van der Waals surface area contributed by atoms with Crippen LogP contribution in [0.2, 0.25) is 0 Å². The van der Waals surface area contributed by atoms with Crippen LogP contribution in [-0.2, 0) is 4.79 Å². The topological polar surface area (TPSA) is 89.8 Å². The van der Waals surface area contributed by atoms with Crippen LogP contribution < -0.4 is 5.32 Å². The summed E-state index contributed by atoms with van der Waals surface area (Å²) in [6.45, 7) is 4.21. The predicted molar refractivity (Wildman–Crippen MR) is 199 cm³/mol. The van der Waals surface area contributed by atoms with E-state index >= 15 is 0 Å². The zero-order chi connectivity index (χ0) is 33.8.